The van der Waals surface area contributed by atoms with Crippen molar-refractivity contribution in [1.82, 2.24) is 24.4 Å². The van der Waals surface area contributed by atoms with Gasteiger partial charge in [0.05, 0.1) is 23.6 Å². The molecule has 0 bridgehead atoms. The molecule has 11 nitrogen and oxygen atoms in total. The van der Waals surface area contributed by atoms with E-state index in [1.807, 2.05) is 81.0 Å². The van der Waals surface area contributed by atoms with Crippen LogP contribution in [0.25, 0.3) is 11.0 Å². The summed E-state index contributed by atoms with van der Waals surface area (Å²) in [4.78, 5) is 53.9. The average Bonchev–Trinajstić information content (AvgIpc) is 3.43. The molecule has 3 amide bonds. The number of anilines is 1. The van der Waals surface area contributed by atoms with Crippen LogP contribution >= 0.6 is 0 Å². The Hall–Kier alpha value is -6.36. The summed E-state index contributed by atoms with van der Waals surface area (Å²) >= 11 is 0. The molecule has 55 heavy (non-hydrogen) atoms. The fourth-order valence-corrected chi connectivity index (χ4v) is 6.42. The van der Waals surface area contributed by atoms with Crippen molar-refractivity contribution in [2.45, 2.75) is 73.1 Å². The molecule has 0 fully saturated rings. The van der Waals surface area contributed by atoms with E-state index in [2.05, 4.69) is 74.1 Å². The van der Waals surface area contributed by atoms with Crippen molar-refractivity contribution in [2.24, 2.45) is 4.99 Å². The summed E-state index contributed by atoms with van der Waals surface area (Å²) in [7, 11) is 0. The van der Waals surface area contributed by atoms with Crippen LogP contribution in [0.3, 0.4) is 0 Å². The molecule has 0 radical (unpaired) electrons. The molecule has 0 saturated heterocycles. The molecule has 0 aliphatic rings. The maximum atomic E-state index is 14.0. The number of hydrogen-bond acceptors (Lipinski definition) is 6. The van der Waals surface area contributed by atoms with Gasteiger partial charge in [-0.1, -0.05) is 77.9 Å². The number of para-hydroxylation sites is 2. The van der Waals surface area contributed by atoms with Gasteiger partial charge >= 0.3 is 6.09 Å². The molecule has 3 heterocycles. The van der Waals surface area contributed by atoms with Crippen LogP contribution < -0.4 is 16.3 Å². The molecule has 0 spiro atoms. The number of benzene rings is 3. The van der Waals surface area contributed by atoms with Gasteiger partial charge in [0, 0.05) is 29.7 Å². The average molecular weight is 738 g/mol. The summed E-state index contributed by atoms with van der Waals surface area (Å²) in [5, 5.41) is 6.00. The smallest absolute Gasteiger partial charge is 0.437 e. The van der Waals surface area contributed by atoms with E-state index in [1.165, 1.54) is 6.20 Å². The van der Waals surface area contributed by atoms with E-state index in [1.54, 1.807) is 25.1 Å². The fourth-order valence-electron chi connectivity index (χ4n) is 6.42. The number of carbonyl (C=O) groups is 3. The number of rotatable bonds is 10. The predicted octanol–water partition coefficient (Wildman–Crippen LogP) is 7.82. The first-order valence-corrected chi connectivity index (χ1v) is 18.3. The van der Waals surface area contributed by atoms with Crippen LogP contribution in [0.15, 0.2) is 108 Å². The van der Waals surface area contributed by atoms with E-state index in [-0.39, 0.29) is 23.8 Å². The molecule has 11 heteroatoms. The number of nitrogens with zero attached hydrogens (tertiary/aromatic N) is 5. The summed E-state index contributed by atoms with van der Waals surface area (Å²) in [6, 6.07) is 30.9. The van der Waals surface area contributed by atoms with Gasteiger partial charge in [-0.25, -0.2) is 9.78 Å². The zero-order valence-electron chi connectivity index (χ0n) is 32.4. The summed E-state index contributed by atoms with van der Waals surface area (Å²) in [6.07, 6.45) is 1.29. The first-order valence-electron chi connectivity index (χ1n) is 18.3. The SMILES string of the molecule is Cc1ccc(C[C@@H](CNC(=O)c2nccc(NC(=O)c3cccc(C)n3)c2C)n2c(=NC(=O)OC(C)(C)C)n(Cc3ccc(C)cc3)c3ccccc32)cc1. The number of nitrogens with one attached hydrogen (secondary N) is 2. The van der Waals surface area contributed by atoms with Gasteiger partial charge in [-0.05, 0) is 96.3 Å². The van der Waals surface area contributed by atoms with Gasteiger partial charge in [0.25, 0.3) is 11.8 Å². The largest absolute Gasteiger partial charge is 0.442 e. The van der Waals surface area contributed by atoms with Gasteiger partial charge in [0.2, 0.25) is 5.62 Å². The zero-order chi connectivity index (χ0) is 39.3. The van der Waals surface area contributed by atoms with Crippen molar-refractivity contribution < 1.29 is 19.1 Å². The number of carbonyl (C=O) groups excluding carboxylic acids is 3. The van der Waals surface area contributed by atoms with Gasteiger partial charge in [-0.2, -0.15) is 0 Å². The van der Waals surface area contributed by atoms with E-state index in [9.17, 15) is 14.4 Å². The van der Waals surface area contributed by atoms with E-state index >= 15 is 0 Å². The topological polar surface area (TPSA) is 132 Å². The molecule has 2 N–H and O–H groups in total. The van der Waals surface area contributed by atoms with Gasteiger partial charge in [0.15, 0.2) is 0 Å². The molecule has 6 rings (SSSR count). The van der Waals surface area contributed by atoms with E-state index in [0.717, 1.165) is 39.0 Å². The second kappa shape index (κ2) is 16.3. The Morgan fingerprint density at radius 1 is 0.782 bits per heavy atom. The summed E-state index contributed by atoms with van der Waals surface area (Å²) < 4.78 is 9.77. The predicted molar refractivity (Wildman–Crippen MR) is 214 cm³/mol. The molecule has 3 aromatic heterocycles. The Morgan fingerprint density at radius 2 is 1.44 bits per heavy atom. The third-order valence-electron chi connectivity index (χ3n) is 9.18. The third-order valence-corrected chi connectivity index (χ3v) is 9.18. The molecular formula is C44H47N7O4. The van der Waals surface area contributed by atoms with E-state index in [0.29, 0.717) is 29.8 Å². The minimum atomic E-state index is -0.760. The maximum Gasteiger partial charge on any atom is 0.437 e. The quantitative estimate of drug-likeness (QED) is 0.147. The highest BCUT2D eigenvalue weighted by Crippen LogP contribution is 2.24. The van der Waals surface area contributed by atoms with Gasteiger partial charge < -0.3 is 24.5 Å². The fraction of sp³-hybridized carbons (Fsp3) is 0.273. The Bertz CT molecular complexity index is 2420. The van der Waals surface area contributed by atoms with Gasteiger partial charge in [-0.15, -0.1) is 4.99 Å². The van der Waals surface area contributed by atoms with Crippen molar-refractivity contribution in [2.75, 3.05) is 11.9 Å². The summed E-state index contributed by atoms with van der Waals surface area (Å²) in [5.74, 6) is -0.798. The molecule has 6 aromatic rings. The number of aromatic nitrogens is 4. The number of aryl methyl sites for hydroxylation is 3. The van der Waals surface area contributed by atoms with Crippen molar-refractivity contribution in [3.8, 4) is 0 Å². The molecule has 0 unspecified atom stereocenters. The van der Waals surface area contributed by atoms with Crippen LogP contribution in [-0.2, 0) is 17.7 Å². The standard InChI is InChI=1S/C44H47N7O4/c1-28-15-19-32(20-16-28)25-34(26-46-41(53)39-31(4)35(23-24-45-39)48-40(52)36-12-10-11-30(3)47-36)51-38-14-9-8-13-37(38)50(27-33-21-17-29(2)18-22-33)42(51)49-43(54)55-44(5,6)7/h8-24,34H,25-27H2,1-7H3,(H,46,53)(H,45,48,52)/t34-/m0/s1. The van der Waals surface area contributed by atoms with Crippen molar-refractivity contribution in [3.63, 3.8) is 0 Å². The lowest BCUT2D eigenvalue weighted by Gasteiger charge is -2.22. The minimum absolute atomic E-state index is 0.164. The minimum Gasteiger partial charge on any atom is -0.442 e. The van der Waals surface area contributed by atoms with Crippen molar-refractivity contribution in [1.29, 1.82) is 0 Å². The lowest BCUT2D eigenvalue weighted by molar-refractivity contribution is 0.0592. The van der Waals surface area contributed by atoms with Gasteiger partial charge in [0.1, 0.15) is 17.0 Å². The Labute approximate surface area is 321 Å². The summed E-state index contributed by atoms with van der Waals surface area (Å²) in [6.45, 7) is 13.7. The summed E-state index contributed by atoms with van der Waals surface area (Å²) in [5.41, 5.74) is 7.83. The van der Waals surface area contributed by atoms with Crippen LogP contribution in [-0.4, -0.2) is 49.2 Å². The molecule has 1 atom stereocenters. The maximum absolute atomic E-state index is 14.0. The molecule has 0 saturated carbocycles. The number of pyridine rings is 2. The Morgan fingerprint density at radius 3 is 2.09 bits per heavy atom. The highest BCUT2D eigenvalue weighted by Gasteiger charge is 2.25. The van der Waals surface area contributed by atoms with Crippen molar-refractivity contribution in [3.05, 3.63) is 154 Å². The Kier molecular flexibility index (Phi) is 11.4. The van der Waals surface area contributed by atoms with Crippen molar-refractivity contribution >= 4 is 34.6 Å². The normalized spacial score (nSPS) is 12.4. The molecule has 0 aliphatic heterocycles. The molecule has 282 valence electrons. The zero-order valence-corrected chi connectivity index (χ0v) is 32.4. The number of hydrogen-bond donors (Lipinski definition) is 2. The monoisotopic (exact) mass is 737 g/mol. The van der Waals surface area contributed by atoms with Crippen LogP contribution in [0.1, 0.15) is 81.3 Å². The molecule has 0 aliphatic carbocycles. The number of amides is 3. The third kappa shape index (κ3) is 9.42. The molecule has 3 aromatic carbocycles. The lowest BCUT2D eigenvalue weighted by atomic mass is 10.0. The number of ether oxygens (including phenoxy) is 1. The van der Waals surface area contributed by atoms with Crippen LogP contribution in [0.5, 0.6) is 0 Å². The lowest BCUT2D eigenvalue weighted by Crippen LogP contribution is -2.38. The highest BCUT2D eigenvalue weighted by molar-refractivity contribution is 6.04. The first-order chi connectivity index (χ1) is 26.3. The van der Waals surface area contributed by atoms with Crippen LogP contribution in [0, 0.1) is 27.7 Å². The highest BCUT2D eigenvalue weighted by atomic mass is 16.6. The second-order valence-corrected chi connectivity index (χ2v) is 14.8. The van der Waals surface area contributed by atoms with E-state index < -0.39 is 23.6 Å². The number of imidazole rings is 1. The van der Waals surface area contributed by atoms with Gasteiger partial charge in [-0.3, -0.25) is 14.6 Å². The number of fused-ring (bicyclic) bond motifs is 1. The second-order valence-electron chi connectivity index (χ2n) is 14.8. The van der Waals surface area contributed by atoms with E-state index in [4.69, 9.17) is 4.74 Å². The van der Waals surface area contributed by atoms with Crippen LogP contribution in [0.2, 0.25) is 0 Å². The van der Waals surface area contributed by atoms with Crippen LogP contribution in [0.4, 0.5) is 10.5 Å². The first kappa shape index (κ1) is 38.4. The Balaban J connectivity index is 1.41. The molecular weight excluding hydrogens is 691 g/mol.